The van der Waals surface area contributed by atoms with Gasteiger partial charge >= 0.3 is 0 Å². The maximum absolute atomic E-state index is 12.7. The lowest BCUT2D eigenvalue weighted by molar-refractivity contribution is -0.152. The Hall–Kier alpha value is -0.530. The lowest BCUT2D eigenvalue weighted by Gasteiger charge is -2.42. The van der Waals surface area contributed by atoms with Crippen LogP contribution in [-0.4, -0.2) is 59.0 Å². The first kappa shape index (κ1) is 18.8. The van der Waals surface area contributed by atoms with E-state index in [0.29, 0.717) is 38.0 Å². The molecule has 0 spiro atoms. The highest BCUT2D eigenvalue weighted by atomic mass is 16.8. The molecular weight excluding hydrogens is 296 g/mol. The summed E-state index contributed by atoms with van der Waals surface area (Å²) in [6.07, 6.45) is 3.87. The molecule has 6 nitrogen and oxygen atoms in total. The summed E-state index contributed by atoms with van der Waals surface area (Å²) in [4.78, 5) is 14.9. The van der Waals surface area contributed by atoms with Gasteiger partial charge in [-0.25, -0.2) is 0 Å². The van der Waals surface area contributed by atoms with E-state index in [4.69, 9.17) is 4.74 Å². The van der Waals surface area contributed by atoms with E-state index in [2.05, 4.69) is 18.7 Å². The fourth-order valence-corrected chi connectivity index (χ4v) is 3.98. The zero-order valence-corrected chi connectivity index (χ0v) is 14.6. The predicted molar refractivity (Wildman–Crippen MR) is 88.0 cm³/mol. The molecule has 1 aliphatic heterocycles. The standard InChI is InChI=1S/C17H31N2O4/c1-4-23-17-8-7-14(9-15(17)19(21)22)16(20)11-18-10-12(2)5-6-13(18)3/h12-15,17,21H,4-11H2,1-3H3/q-1. The number of nitrogens with zero attached hydrogens (tertiary/aromatic N) is 2. The Morgan fingerprint density at radius 1 is 1.30 bits per heavy atom. The van der Waals surface area contributed by atoms with E-state index in [0.717, 1.165) is 19.4 Å². The Morgan fingerprint density at radius 3 is 2.70 bits per heavy atom. The van der Waals surface area contributed by atoms with Crippen LogP contribution in [0, 0.1) is 17.0 Å². The third-order valence-corrected chi connectivity index (χ3v) is 5.48. The van der Waals surface area contributed by atoms with E-state index in [1.807, 2.05) is 6.92 Å². The molecule has 5 atom stereocenters. The van der Waals surface area contributed by atoms with Gasteiger partial charge in [0.05, 0.1) is 12.6 Å². The van der Waals surface area contributed by atoms with Crippen molar-refractivity contribution in [3.05, 3.63) is 5.21 Å². The molecule has 1 heterocycles. The number of piperidine rings is 1. The van der Waals surface area contributed by atoms with Crippen LogP contribution in [0.5, 0.6) is 0 Å². The molecule has 0 aromatic rings. The molecule has 2 rings (SSSR count). The van der Waals surface area contributed by atoms with Crippen LogP contribution in [0.4, 0.5) is 0 Å². The van der Waals surface area contributed by atoms with Crippen molar-refractivity contribution in [2.75, 3.05) is 19.7 Å². The zero-order valence-electron chi connectivity index (χ0n) is 14.6. The number of rotatable bonds is 6. The summed E-state index contributed by atoms with van der Waals surface area (Å²) in [5, 5.41) is 20.7. The highest BCUT2D eigenvalue weighted by molar-refractivity contribution is 5.83. The highest BCUT2D eigenvalue weighted by Gasteiger charge is 2.36. The van der Waals surface area contributed by atoms with Crippen molar-refractivity contribution in [3.63, 3.8) is 0 Å². The number of ether oxygens (including phenoxy) is 1. The smallest absolute Gasteiger partial charge is 0.149 e. The first-order valence-electron chi connectivity index (χ1n) is 8.96. The predicted octanol–water partition coefficient (Wildman–Crippen LogP) is 2.44. The Labute approximate surface area is 139 Å². The Morgan fingerprint density at radius 2 is 2.04 bits per heavy atom. The maximum Gasteiger partial charge on any atom is 0.149 e. The van der Waals surface area contributed by atoms with E-state index in [1.165, 1.54) is 6.42 Å². The minimum atomic E-state index is -0.629. The van der Waals surface area contributed by atoms with Crippen molar-refractivity contribution in [2.24, 2.45) is 11.8 Å². The van der Waals surface area contributed by atoms with Gasteiger partial charge in [0, 0.05) is 31.2 Å². The maximum atomic E-state index is 12.7. The van der Waals surface area contributed by atoms with Crippen molar-refractivity contribution in [1.29, 1.82) is 0 Å². The number of hydrogen-bond donors (Lipinski definition) is 1. The number of Topliss-reactive ketones (excluding diaryl/α,β-unsaturated/α-hetero) is 1. The van der Waals surface area contributed by atoms with E-state index < -0.39 is 6.04 Å². The molecule has 1 N–H and O–H groups in total. The molecule has 1 saturated carbocycles. The van der Waals surface area contributed by atoms with Crippen molar-refractivity contribution >= 4 is 5.78 Å². The van der Waals surface area contributed by atoms with E-state index in [9.17, 15) is 15.2 Å². The second-order valence-corrected chi connectivity index (χ2v) is 7.30. The summed E-state index contributed by atoms with van der Waals surface area (Å²) < 4.78 is 5.54. The molecule has 5 unspecified atom stereocenters. The molecule has 0 radical (unpaired) electrons. The normalized spacial score (nSPS) is 36.3. The van der Waals surface area contributed by atoms with Gasteiger partial charge in [0.15, 0.2) is 0 Å². The number of ketones is 1. The minimum Gasteiger partial charge on any atom is -0.762 e. The summed E-state index contributed by atoms with van der Waals surface area (Å²) in [6.45, 7) is 8.23. The largest absolute Gasteiger partial charge is 0.762 e. The Kier molecular flexibility index (Phi) is 6.98. The fraction of sp³-hybridized carbons (Fsp3) is 0.941. The van der Waals surface area contributed by atoms with Crippen LogP contribution in [0.2, 0.25) is 0 Å². The molecule has 2 aliphatic rings. The molecule has 0 amide bonds. The van der Waals surface area contributed by atoms with Gasteiger partial charge in [-0.1, -0.05) is 6.92 Å². The van der Waals surface area contributed by atoms with E-state index in [1.54, 1.807) is 0 Å². The molecular formula is C17H31N2O4-. The monoisotopic (exact) mass is 327 g/mol. The summed E-state index contributed by atoms with van der Waals surface area (Å²) in [5.74, 6) is 0.688. The second kappa shape index (κ2) is 8.53. The van der Waals surface area contributed by atoms with Crippen LogP contribution in [0.3, 0.4) is 0 Å². The van der Waals surface area contributed by atoms with Gasteiger partial charge in [-0.15, -0.1) is 0 Å². The highest BCUT2D eigenvalue weighted by Crippen LogP contribution is 2.31. The molecule has 0 aromatic heterocycles. The third-order valence-electron chi connectivity index (χ3n) is 5.48. The van der Waals surface area contributed by atoms with Gasteiger partial charge in [0.1, 0.15) is 5.78 Å². The van der Waals surface area contributed by atoms with Crippen molar-refractivity contribution < 1.29 is 14.7 Å². The van der Waals surface area contributed by atoms with Crippen LogP contribution >= 0.6 is 0 Å². The molecule has 1 aliphatic carbocycles. The molecule has 0 bridgehead atoms. The molecule has 2 fully saturated rings. The Balaban J connectivity index is 1.92. The minimum absolute atomic E-state index is 0.00857. The first-order valence-corrected chi connectivity index (χ1v) is 8.96. The number of hydroxylamine groups is 2. The van der Waals surface area contributed by atoms with Crippen molar-refractivity contribution in [2.45, 2.75) is 71.1 Å². The van der Waals surface area contributed by atoms with Crippen LogP contribution in [-0.2, 0) is 9.53 Å². The topological polar surface area (TPSA) is 76.1 Å². The number of likely N-dealkylation sites (tertiary alicyclic amines) is 1. The molecule has 23 heavy (non-hydrogen) atoms. The molecule has 134 valence electrons. The number of carbonyl (C=O) groups is 1. The van der Waals surface area contributed by atoms with E-state index in [-0.39, 0.29) is 23.0 Å². The van der Waals surface area contributed by atoms with Gasteiger partial charge in [-0.05, 0) is 51.9 Å². The molecule has 6 heteroatoms. The average molecular weight is 327 g/mol. The quantitative estimate of drug-likeness (QED) is 0.755. The molecule has 0 aromatic carbocycles. The summed E-state index contributed by atoms with van der Waals surface area (Å²) in [7, 11) is 0. The van der Waals surface area contributed by atoms with Gasteiger partial charge < -0.3 is 15.2 Å². The van der Waals surface area contributed by atoms with E-state index >= 15 is 0 Å². The lowest BCUT2D eigenvalue weighted by atomic mass is 9.81. The first-order chi connectivity index (χ1) is 10.9. The van der Waals surface area contributed by atoms with Gasteiger partial charge in [0.2, 0.25) is 0 Å². The Bertz CT molecular complexity index is 391. The van der Waals surface area contributed by atoms with Crippen molar-refractivity contribution in [3.8, 4) is 0 Å². The number of carbonyl (C=O) groups excluding carboxylic acids is 1. The zero-order chi connectivity index (χ0) is 17.0. The van der Waals surface area contributed by atoms with Crippen LogP contribution in [0.15, 0.2) is 0 Å². The third kappa shape index (κ3) is 4.97. The summed E-state index contributed by atoms with van der Waals surface area (Å²) in [5.41, 5.74) is 0. The van der Waals surface area contributed by atoms with Crippen LogP contribution in [0.25, 0.3) is 0 Å². The fourth-order valence-electron chi connectivity index (χ4n) is 3.98. The van der Waals surface area contributed by atoms with Crippen LogP contribution < -0.4 is 0 Å². The van der Waals surface area contributed by atoms with Gasteiger partial charge in [-0.2, -0.15) is 0 Å². The summed E-state index contributed by atoms with van der Waals surface area (Å²) >= 11 is 0. The van der Waals surface area contributed by atoms with Gasteiger partial charge in [0.25, 0.3) is 0 Å². The van der Waals surface area contributed by atoms with Gasteiger partial charge in [-0.3, -0.25) is 14.9 Å². The number of hydrogen-bond acceptors (Lipinski definition) is 6. The van der Waals surface area contributed by atoms with Crippen LogP contribution in [0.1, 0.15) is 52.9 Å². The SMILES string of the molecule is CCOC1CCC(C(=O)CN2CC(C)CCC2C)CC1N([O-])O. The lowest BCUT2D eigenvalue weighted by Crippen LogP contribution is -2.49. The summed E-state index contributed by atoms with van der Waals surface area (Å²) in [6, 6.07) is -0.185. The molecule has 1 saturated heterocycles. The average Bonchev–Trinajstić information content (AvgIpc) is 2.51. The second-order valence-electron chi connectivity index (χ2n) is 7.30. The van der Waals surface area contributed by atoms with Crippen molar-refractivity contribution in [1.82, 2.24) is 10.1 Å².